The van der Waals surface area contributed by atoms with E-state index < -0.39 is 0 Å². The van der Waals surface area contributed by atoms with Crippen LogP contribution in [-0.4, -0.2) is 31.0 Å². The van der Waals surface area contributed by atoms with E-state index in [0.29, 0.717) is 31.5 Å². The van der Waals surface area contributed by atoms with E-state index in [-0.39, 0.29) is 5.91 Å². The number of amides is 1. The molecule has 0 aliphatic heterocycles. The molecule has 1 rings (SSSR count). The lowest BCUT2D eigenvalue weighted by molar-refractivity contribution is -0.120. The van der Waals surface area contributed by atoms with Crippen molar-refractivity contribution in [3.05, 3.63) is 0 Å². The van der Waals surface area contributed by atoms with Crippen LogP contribution in [0.2, 0.25) is 0 Å². The number of hydrogen-bond acceptors (Lipinski definition) is 3. The van der Waals surface area contributed by atoms with Crippen LogP contribution in [0.5, 0.6) is 0 Å². The summed E-state index contributed by atoms with van der Waals surface area (Å²) in [4.78, 5) is 15.5. The molecule has 0 spiro atoms. The number of guanidine groups is 1. The summed E-state index contributed by atoms with van der Waals surface area (Å²) in [6, 6.07) is 0.456. The second-order valence-electron chi connectivity index (χ2n) is 4.56. The molecule has 1 aliphatic rings. The van der Waals surface area contributed by atoms with Crippen molar-refractivity contribution >= 4 is 11.9 Å². The fourth-order valence-corrected chi connectivity index (χ4v) is 2.13. The third-order valence-corrected chi connectivity index (χ3v) is 3.07. The van der Waals surface area contributed by atoms with Gasteiger partial charge in [0.1, 0.15) is 0 Å². The predicted molar refractivity (Wildman–Crippen MR) is 72.9 cm³/mol. The number of rotatable bonds is 5. The van der Waals surface area contributed by atoms with Crippen molar-refractivity contribution in [2.45, 2.75) is 51.5 Å². The zero-order valence-electron chi connectivity index (χ0n) is 11.2. The number of carbonyl (C=O) groups excluding carboxylic acids is 1. The first kappa shape index (κ1) is 14.8. The molecular weight excluding hydrogens is 230 g/mol. The first-order valence-electron chi connectivity index (χ1n) is 6.80. The van der Waals surface area contributed by atoms with Crippen LogP contribution in [-0.2, 0) is 4.79 Å². The Bertz CT molecular complexity index is 274. The first-order chi connectivity index (χ1) is 8.76. The van der Waals surface area contributed by atoms with Gasteiger partial charge in [0, 0.05) is 19.0 Å². The molecule has 0 aromatic carbocycles. The number of nitrogens with one attached hydrogen (secondary N) is 3. The average molecular weight is 255 g/mol. The van der Waals surface area contributed by atoms with Gasteiger partial charge in [-0.05, 0) is 19.8 Å². The van der Waals surface area contributed by atoms with Crippen molar-refractivity contribution in [3.8, 4) is 0 Å². The predicted octanol–water partition coefficient (Wildman–Crippen LogP) is 0.254. The van der Waals surface area contributed by atoms with Gasteiger partial charge in [0.25, 0.3) is 0 Å². The fraction of sp³-hybridized carbons (Fsp3) is 0.833. The summed E-state index contributed by atoms with van der Waals surface area (Å²) in [5.41, 5.74) is 2.56. The summed E-state index contributed by atoms with van der Waals surface area (Å²) in [5, 5.41) is 6.03. The highest BCUT2D eigenvalue weighted by molar-refractivity contribution is 5.80. The monoisotopic (exact) mass is 255 g/mol. The van der Waals surface area contributed by atoms with E-state index in [1.54, 1.807) is 0 Å². The molecule has 6 nitrogen and oxygen atoms in total. The molecule has 18 heavy (non-hydrogen) atoms. The SMILES string of the molecule is CCNC(=O)CCN=C(NN)NC1CCCCC1. The molecule has 1 amide bonds. The topological polar surface area (TPSA) is 91.5 Å². The Kier molecular flexibility index (Phi) is 7.17. The van der Waals surface area contributed by atoms with Crippen molar-refractivity contribution in [2.75, 3.05) is 13.1 Å². The van der Waals surface area contributed by atoms with Gasteiger partial charge in [-0.2, -0.15) is 0 Å². The molecule has 5 N–H and O–H groups in total. The molecule has 1 saturated carbocycles. The average Bonchev–Trinajstić information content (AvgIpc) is 2.39. The number of aliphatic imine (C=N–C) groups is 1. The lowest BCUT2D eigenvalue weighted by atomic mass is 9.96. The molecule has 0 bridgehead atoms. The maximum absolute atomic E-state index is 11.3. The molecule has 1 fully saturated rings. The van der Waals surface area contributed by atoms with Crippen molar-refractivity contribution in [1.29, 1.82) is 0 Å². The van der Waals surface area contributed by atoms with Gasteiger partial charge in [-0.15, -0.1) is 0 Å². The maximum atomic E-state index is 11.3. The van der Waals surface area contributed by atoms with Crippen molar-refractivity contribution in [3.63, 3.8) is 0 Å². The summed E-state index contributed by atoms with van der Waals surface area (Å²) in [6.45, 7) is 3.01. The number of carbonyl (C=O) groups is 1. The largest absolute Gasteiger partial charge is 0.356 e. The number of nitrogens with zero attached hydrogens (tertiary/aromatic N) is 1. The molecule has 0 unspecified atom stereocenters. The van der Waals surface area contributed by atoms with Gasteiger partial charge < -0.3 is 10.6 Å². The summed E-state index contributed by atoms with van der Waals surface area (Å²) in [7, 11) is 0. The second kappa shape index (κ2) is 8.74. The molecule has 0 atom stereocenters. The van der Waals surface area contributed by atoms with E-state index in [4.69, 9.17) is 5.84 Å². The number of nitrogens with two attached hydrogens (primary N) is 1. The Balaban J connectivity index is 2.28. The Morgan fingerprint density at radius 3 is 2.67 bits per heavy atom. The van der Waals surface area contributed by atoms with Gasteiger partial charge >= 0.3 is 0 Å². The van der Waals surface area contributed by atoms with Gasteiger partial charge in [-0.25, -0.2) is 5.84 Å². The molecule has 104 valence electrons. The quantitative estimate of drug-likeness (QED) is 0.245. The highest BCUT2D eigenvalue weighted by atomic mass is 16.1. The van der Waals surface area contributed by atoms with Crippen molar-refractivity contribution in [2.24, 2.45) is 10.8 Å². The zero-order chi connectivity index (χ0) is 13.2. The highest BCUT2D eigenvalue weighted by Crippen LogP contribution is 2.17. The maximum Gasteiger partial charge on any atom is 0.221 e. The van der Waals surface area contributed by atoms with Gasteiger partial charge in [0.15, 0.2) is 0 Å². The molecular formula is C12H25N5O. The lowest BCUT2D eigenvalue weighted by Gasteiger charge is -2.24. The standard InChI is InChI=1S/C12H25N5O/c1-2-14-11(18)8-9-15-12(17-13)16-10-6-4-3-5-7-10/h10H,2-9,13H2,1H3,(H,14,18)(H2,15,16,17). The van der Waals surface area contributed by atoms with Crippen LogP contribution in [0.25, 0.3) is 0 Å². The minimum absolute atomic E-state index is 0.0234. The Labute approximate surface area is 109 Å². The Morgan fingerprint density at radius 2 is 2.06 bits per heavy atom. The summed E-state index contributed by atoms with van der Waals surface area (Å²) in [6.07, 6.45) is 6.56. The first-order valence-corrected chi connectivity index (χ1v) is 6.80. The van der Waals surface area contributed by atoms with Crippen LogP contribution in [0.3, 0.4) is 0 Å². The molecule has 0 aromatic heterocycles. The van der Waals surface area contributed by atoms with Crippen LogP contribution in [0.15, 0.2) is 4.99 Å². The van der Waals surface area contributed by atoms with Crippen LogP contribution in [0, 0.1) is 0 Å². The van der Waals surface area contributed by atoms with E-state index >= 15 is 0 Å². The van der Waals surface area contributed by atoms with E-state index in [0.717, 1.165) is 12.8 Å². The molecule has 0 saturated heterocycles. The smallest absolute Gasteiger partial charge is 0.221 e. The molecule has 6 heteroatoms. The van der Waals surface area contributed by atoms with Crippen LogP contribution in [0.4, 0.5) is 0 Å². The van der Waals surface area contributed by atoms with Gasteiger partial charge in [-0.3, -0.25) is 15.2 Å². The van der Waals surface area contributed by atoms with Gasteiger partial charge in [-0.1, -0.05) is 19.3 Å². The van der Waals surface area contributed by atoms with E-state index in [1.165, 1.54) is 19.3 Å². The van der Waals surface area contributed by atoms with E-state index in [1.807, 2.05) is 6.92 Å². The fourth-order valence-electron chi connectivity index (χ4n) is 2.13. The molecule has 0 aromatic rings. The molecule has 1 aliphatic carbocycles. The molecule has 0 heterocycles. The van der Waals surface area contributed by atoms with Crippen LogP contribution >= 0.6 is 0 Å². The number of hydrazine groups is 1. The minimum Gasteiger partial charge on any atom is -0.356 e. The third kappa shape index (κ3) is 5.86. The molecule has 0 radical (unpaired) electrons. The highest BCUT2D eigenvalue weighted by Gasteiger charge is 2.14. The van der Waals surface area contributed by atoms with Crippen molar-refractivity contribution < 1.29 is 4.79 Å². The van der Waals surface area contributed by atoms with Crippen molar-refractivity contribution in [1.82, 2.24) is 16.1 Å². The van der Waals surface area contributed by atoms with E-state index in [9.17, 15) is 4.79 Å². The van der Waals surface area contributed by atoms with Gasteiger partial charge in [0.05, 0.1) is 6.54 Å². The van der Waals surface area contributed by atoms with Crippen LogP contribution < -0.4 is 21.9 Å². The lowest BCUT2D eigenvalue weighted by Crippen LogP contribution is -2.47. The summed E-state index contributed by atoms with van der Waals surface area (Å²) >= 11 is 0. The summed E-state index contributed by atoms with van der Waals surface area (Å²) in [5.74, 6) is 6.03. The normalized spacial score (nSPS) is 17.3. The third-order valence-electron chi connectivity index (χ3n) is 3.07. The van der Waals surface area contributed by atoms with Crippen LogP contribution in [0.1, 0.15) is 45.4 Å². The Hall–Kier alpha value is -1.30. The minimum atomic E-state index is 0.0234. The number of hydrogen-bond donors (Lipinski definition) is 4. The second-order valence-corrected chi connectivity index (χ2v) is 4.56. The zero-order valence-corrected chi connectivity index (χ0v) is 11.2. The Morgan fingerprint density at radius 1 is 1.33 bits per heavy atom. The van der Waals surface area contributed by atoms with E-state index in [2.05, 4.69) is 21.1 Å². The summed E-state index contributed by atoms with van der Waals surface area (Å²) < 4.78 is 0. The van der Waals surface area contributed by atoms with Gasteiger partial charge in [0.2, 0.25) is 11.9 Å².